The molecule has 0 unspecified atom stereocenters. The highest BCUT2D eigenvalue weighted by Gasteiger charge is 2.12. The third-order valence-corrected chi connectivity index (χ3v) is 3.37. The molecular formula is C16H16F2N2O2. The van der Waals surface area contributed by atoms with Crippen LogP contribution in [0.15, 0.2) is 29.4 Å². The quantitative estimate of drug-likeness (QED) is 0.853. The van der Waals surface area contributed by atoms with Crippen molar-refractivity contribution in [3.63, 3.8) is 0 Å². The van der Waals surface area contributed by atoms with Crippen molar-refractivity contribution >= 4 is 6.21 Å². The van der Waals surface area contributed by atoms with E-state index in [1.54, 1.807) is 13.8 Å². The van der Waals surface area contributed by atoms with E-state index >= 15 is 0 Å². The van der Waals surface area contributed by atoms with Crippen LogP contribution in [0.1, 0.15) is 35.3 Å². The SMILES string of the molecule is Cc1ncc(CO)c(C=N[C@@H](C)c2ccc(F)cc2F)c1O. The fourth-order valence-corrected chi connectivity index (χ4v) is 2.03. The van der Waals surface area contributed by atoms with Gasteiger partial charge in [-0.25, -0.2) is 8.78 Å². The van der Waals surface area contributed by atoms with Gasteiger partial charge in [0.2, 0.25) is 0 Å². The molecule has 0 saturated heterocycles. The molecule has 0 aliphatic carbocycles. The number of rotatable bonds is 4. The number of aliphatic hydroxyl groups is 1. The lowest BCUT2D eigenvalue weighted by Gasteiger charge is -2.10. The van der Waals surface area contributed by atoms with Crippen LogP contribution in [-0.2, 0) is 6.61 Å². The summed E-state index contributed by atoms with van der Waals surface area (Å²) in [5, 5.41) is 19.3. The van der Waals surface area contributed by atoms with Crippen LogP contribution < -0.4 is 0 Å². The summed E-state index contributed by atoms with van der Waals surface area (Å²) >= 11 is 0. The molecule has 2 N–H and O–H groups in total. The first-order valence-electron chi connectivity index (χ1n) is 6.70. The lowest BCUT2D eigenvalue weighted by atomic mass is 10.1. The molecule has 2 aromatic rings. The van der Waals surface area contributed by atoms with Crippen molar-refractivity contribution in [3.8, 4) is 5.75 Å². The molecule has 1 atom stereocenters. The third kappa shape index (κ3) is 3.28. The molecule has 4 nitrogen and oxygen atoms in total. The zero-order valence-corrected chi connectivity index (χ0v) is 12.2. The van der Waals surface area contributed by atoms with E-state index in [1.165, 1.54) is 18.5 Å². The van der Waals surface area contributed by atoms with Gasteiger partial charge in [-0.15, -0.1) is 0 Å². The largest absolute Gasteiger partial charge is 0.505 e. The van der Waals surface area contributed by atoms with Crippen LogP contribution in [0.3, 0.4) is 0 Å². The maximum Gasteiger partial charge on any atom is 0.145 e. The smallest absolute Gasteiger partial charge is 0.145 e. The molecule has 0 aliphatic heterocycles. The Balaban J connectivity index is 2.34. The van der Waals surface area contributed by atoms with Gasteiger partial charge in [-0.05, 0) is 19.9 Å². The van der Waals surface area contributed by atoms with Crippen LogP contribution in [-0.4, -0.2) is 21.4 Å². The number of nitrogens with zero attached hydrogens (tertiary/aromatic N) is 2. The van der Waals surface area contributed by atoms with Crippen LogP contribution in [0.4, 0.5) is 8.78 Å². The second-order valence-electron chi connectivity index (χ2n) is 4.91. The second-order valence-corrected chi connectivity index (χ2v) is 4.91. The maximum absolute atomic E-state index is 13.7. The summed E-state index contributed by atoms with van der Waals surface area (Å²) in [6.07, 6.45) is 2.81. The Morgan fingerprint density at radius 3 is 2.73 bits per heavy atom. The molecule has 1 aromatic carbocycles. The van der Waals surface area contributed by atoms with Crippen molar-refractivity contribution in [1.82, 2.24) is 4.98 Å². The number of aryl methyl sites for hydroxylation is 1. The van der Waals surface area contributed by atoms with Gasteiger partial charge in [0, 0.05) is 35.2 Å². The molecule has 1 aromatic heterocycles. The zero-order chi connectivity index (χ0) is 16.3. The molecular weight excluding hydrogens is 290 g/mol. The fraction of sp³-hybridized carbons (Fsp3) is 0.250. The van der Waals surface area contributed by atoms with Gasteiger partial charge in [0.1, 0.15) is 17.4 Å². The first-order valence-corrected chi connectivity index (χ1v) is 6.70. The minimum absolute atomic E-state index is 0.0814. The fourth-order valence-electron chi connectivity index (χ4n) is 2.03. The summed E-state index contributed by atoms with van der Waals surface area (Å²) in [5.74, 6) is -1.41. The van der Waals surface area contributed by atoms with Gasteiger partial charge in [0.15, 0.2) is 0 Å². The number of hydrogen-bond acceptors (Lipinski definition) is 4. The Morgan fingerprint density at radius 2 is 2.09 bits per heavy atom. The molecule has 116 valence electrons. The van der Waals surface area contributed by atoms with Gasteiger partial charge in [-0.3, -0.25) is 9.98 Å². The minimum atomic E-state index is -0.679. The Bertz CT molecular complexity index is 718. The highest BCUT2D eigenvalue weighted by atomic mass is 19.1. The van der Waals surface area contributed by atoms with E-state index in [4.69, 9.17) is 0 Å². The summed E-state index contributed by atoms with van der Waals surface area (Å²) in [6.45, 7) is 2.97. The molecule has 0 aliphatic rings. The summed E-state index contributed by atoms with van der Waals surface area (Å²) < 4.78 is 26.6. The van der Waals surface area contributed by atoms with Crippen molar-refractivity contribution in [2.75, 3.05) is 0 Å². The first kappa shape index (κ1) is 16.0. The van der Waals surface area contributed by atoms with E-state index in [0.29, 0.717) is 16.8 Å². The number of aliphatic hydroxyl groups excluding tert-OH is 1. The number of aromatic nitrogens is 1. The van der Waals surface area contributed by atoms with E-state index in [0.717, 1.165) is 12.1 Å². The van der Waals surface area contributed by atoms with E-state index in [2.05, 4.69) is 9.98 Å². The first-order chi connectivity index (χ1) is 10.4. The monoisotopic (exact) mass is 306 g/mol. The maximum atomic E-state index is 13.7. The van der Waals surface area contributed by atoms with Crippen LogP contribution in [0.25, 0.3) is 0 Å². The Kier molecular flexibility index (Phi) is 4.82. The molecule has 0 bridgehead atoms. The van der Waals surface area contributed by atoms with Gasteiger partial charge in [0.25, 0.3) is 0 Å². The van der Waals surface area contributed by atoms with Crippen LogP contribution >= 0.6 is 0 Å². The molecule has 0 spiro atoms. The molecule has 1 heterocycles. The average molecular weight is 306 g/mol. The highest BCUT2D eigenvalue weighted by molar-refractivity contribution is 5.85. The Hall–Kier alpha value is -2.34. The van der Waals surface area contributed by atoms with Crippen molar-refractivity contribution in [2.45, 2.75) is 26.5 Å². The van der Waals surface area contributed by atoms with Gasteiger partial charge < -0.3 is 10.2 Å². The van der Waals surface area contributed by atoms with Gasteiger partial charge in [-0.1, -0.05) is 6.07 Å². The Morgan fingerprint density at radius 1 is 1.36 bits per heavy atom. The topological polar surface area (TPSA) is 65.7 Å². The lowest BCUT2D eigenvalue weighted by molar-refractivity contribution is 0.280. The van der Waals surface area contributed by atoms with Gasteiger partial charge in [-0.2, -0.15) is 0 Å². The predicted molar refractivity (Wildman–Crippen MR) is 78.9 cm³/mol. The van der Waals surface area contributed by atoms with Crippen LogP contribution in [0.5, 0.6) is 5.75 Å². The number of hydrogen-bond donors (Lipinski definition) is 2. The third-order valence-electron chi connectivity index (χ3n) is 3.37. The summed E-state index contributed by atoms with van der Waals surface area (Å²) in [5.41, 5.74) is 1.40. The number of pyridine rings is 1. The van der Waals surface area contributed by atoms with Crippen LogP contribution in [0.2, 0.25) is 0 Å². The van der Waals surface area contributed by atoms with E-state index in [9.17, 15) is 19.0 Å². The molecule has 6 heteroatoms. The second kappa shape index (κ2) is 6.62. The lowest BCUT2D eigenvalue weighted by Crippen LogP contribution is -2.00. The number of aliphatic imine (C=N–C) groups is 1. The van der Waals surface area contributed by atoms with Gasteiger partial charge in [0.05, 0.1) is 18.3 Å². The van der Waals surface area contributed by atoms with Crippen LogP contribution in [0, 0.1) is 18.6 Å². The number of benzene rings is 1. The average Bonchev–Trinajstić information content (AvgIpc) is 2.48. The van der Waals surface area contributed by atoms with E-state index < -0.39 is 17.7 Å². The summed E-state index contributed by atoms with van der Waals surface area (Å²) in [6, 6.07) is 2.73. The van der Waals surface area contributed by atoms with E-state index in [-0.39, 0.29) is 17.9 Å². The van der Waals surface area contributed by atoms with Crippen molar-refractivity contribution in [1.29, 1.82) is 0 Å². The summed E-state index contributed by atoms with van der Waals surface area (Å²) in [4.78, 5) is 8.13. The van der Waals surface area contributed by atoms with Crippen molar-refractivity contribution in [3.05, 3.63) is 58.4 Å². The zero-order valence-electron chi connectivity index (χ0n) is 12.2. The predicted octanol–water partition coefficient (Wildman–Crippen LogP) is 3.05. The van der Waals surface area contributed by atoms with Crippen molar-refractivity contribution in [2.24, 2.45) is 4.99 Å². The molecule has 0 radical (unpaired) electrons. The standard InChI is InChI=1S/C16H16F2N2O2/c1-9(13-4-3-12(17)5-15(13)18)20-7-14-11(8-21)6-19-10(2)16(14)22/h3-7,9,21-22H,8H2,1-2H3/t9-/m0/s1. The van der Waals surface area contributed by atoms with Gasteiger partial charge >= 0.3 is 0 Å². The highest BCUT2D eigenvalue weighted by Crippen LogP contribution is 2.25. The molecule has 2 rings (SSSR count). The number of aromatic hydroxyl groups is 1. The molecule has 0 fully saturated rings. The minimum Gasteiger partial charge on any atom is -0.505 e. The molecule has 22 heavy (non-hydrogen) atoms. The number of halogens is 2. The molecule has 0 amide bonds. The van der Waals surface area contributed by atoms with Crippen molar-refractivity contribution < 1.29 is 19.0 Å². The Labute approximate surface area is 126 Å². The normalized spacial score (nSPS) is 12.8. The molecule has 0 saturated carbocycles. The summed E-state index contributed by atoms with van der Waals surface area (Å²) in [7, 11) is 0. The van der Waals surface area contributed by atoms with E-state index in [1.807, 2.05) is 0 Å².